The van der Waals surface area contributed by atoms with Crippen LogP contribution < -0.4 is 20.7 Å². The van der Waals surface area contributed by atoms with Crippen LogP contribution in [0.25, 0.3) is 0 Å². The first-order valence-electron chi connectivity index (χ1n) is 11.7. The Morgan fingerprint density at radius 3 is 1.47 bits per heavy atom. The molecule has 0 amide bonds. The second-order valence-electron chi connectivity index (χ2n) is 8.38. The Bertz CT molecular complexity index is 963. The maximum absolute atomic E-state index is 5.96. The first-order chi connectivity index (χ1) is 15.8. The van der Waals surface area contributed by atoms with Crippen LogP contribution in [0.2, 0.25) is 0 Å². The Morgan fingerprint density at radius 2 is 1.03 bits per heavy atom. The molecule has 0 aromatic heterocycles. The molecule has 0 N–H and O–H groups in total. The van der Waals surface area contributed by atoms with Gasteiger partial charge in [0.05, 0.1) is 0 Å². The van der Waals surface area contributed by atoms with E-state index in [1.54, 1.807) is 0 Å². The second kappa shape index (κ2) is 11.1. The molecule has 0 aliphatic heterocycles. The standard InChI is InChI=1S/C30H33OP/c1-2-3-13-24-31-27-22-20-26(21-23-27)25-32(28-14-7-4-8-15-28,29-16-9-5-10-17-29)30-18-11-6-12-19-30/h4-12,14-23,32H,2-3,13,24-25H2,1H3. The number of hydrogen-bond donors (Lipinski definition) is 0. The van der Waals surface area contributed by atoms with Crippen molar-refractivity contribution in [3.8, 4) is 5.75 Å². The molecule has 4 aromatic carbocycles. The third kappa shape index (κ3) is 5.12. The van der Waals surface area contributed by atoms with Crippen molar-refractivity contribution in [3.05, 3.63) is 121 Å². The molecule has 32 heavy (non-hydrogen) atoms. The first-order valence-corrected chi connectivity index (χ1v) is 13.9. The van der Waals surface area contributed by atoms with Crippen LogP contribution >= 0.6 is 7.26 Å². The average Bonchev–Trinajstić information content (AvgIpc) is 2.88. The van der Waals surface area contributed by atoms with Gasteiger partial charge in [-0.3, -0.25) is 0 Å². The van der Waals surface area contributed by atoms with E-state index in [1.807, 2.05) is 0 Å². The van der Waals surface area contributed by atoms with Gasteiger partial charge in [0.1, 0.15) is 0 Å². The third-order valence-electron chi connectivity index (χ3n) is 6.21. The molecular formula is C30H33OP. The van der Waals surface area contributed by atoms with Gasteiger partial charge >= 0.3 is 193 Å². The monoisotopic (exact) mass is 440 g/mol. The normalized spacial score (nSPS) is 11.8. The van der Waals surface area contributed by atoms with Gasteiger partial charge in [0.25, 0.3) is 0 Å². The fourth-order valence-electron chi connectivity index (χ4n) is 4.53. The molecule has 1 nitrogen and oxygen atoms in total. The minimum atomic E-state index is -2.26. The summed E-state index contributed by atoms with van der Waals surface area (Å²) in [4.78, 5) is 0. The third-order valence-corrected chi connectivity index (χ3v) is 11.1. The summed E-state index contributed by atoms with van der Waals surface area (Å²) < 4.78 is 5.96. The molecule has 0 aliphatic carbocycles. The van der Waals surface area contributed by atoms with E-state index in [4.69, 9.17) is 4.74 Å². The number of ether oxygens (including phenoxy) is 1. The number of rotatable bonds is 10. The van der Waals surface area contributed by atoms with E-state index < -0.39 is 7.26 Å². The van der Waals surface area contributed by atoms with Crippen LogP contribution in [0.15, 0.2) is 115 Å². The van der Waals surface area contributed by atoms with E-state index in [9.17, 15) is 0 Å². The van der Waals surface area contributed by atoms with Crippen molar-refractivity contribution in [3.63, 3.8) is 0 Å². The van der Waals surface area contributed by atoms with Crippen molar-refractivity contribution in [1.29, 1.82) is 0 Å². The molecule has 0 fully saturated rings. The zero-order chi connectivity index (χ0) is 22.1. The van der Waals surface area contributed by atoms with Gasteiger partial charge in [-0.25, -0.2) is 0 Å². The summed E-state index contributed by atoms with van der Waals surface area (Å²) in [6.45, 7) is 3.01. The van der Waals surface area contributed by atoms with E-state index >= 15 is 0 Å². The van der Waals surface area contributed by atoms with Gasteiger partial charge in [-0.15, -0.1) is 0 Å². The SMILES string of the molecule is CCCCCOc1ccc(C[PH](c2ccccc2)(c2ccccc2)c2ccccc2)cc1. The predicted molar refractivity (Wildman–Crippen MR) is 142 cm³/mol. The zero-order valence-corrected chi connectivity index (χ0v) is 19.9. The minimum absolute atomic E-state index is 0.796. The Balaban J connectivity index is 1.73. The topological polar surface area (TPSA) is 9.23 Å². The quantitative estimate of drug-likeness (QED) is 0.202. The van der Waals surface area contributed by atoms with Crippen LogP contribution in [0.3, 0.4) is 0 Å². The van der Waals surface area contributed by atoms with Gasteiger partial charge in [-0.05, 0) is 0 Å². The Labute approximate surface area is 193 Å². The van der Waals surface area contributed by atoms with Crippen molar-refractivity contribution >= 4 is 23.2 Å². The van der Waals surface area contributed by atoms with Crippen LogP contribution in [0, 0.1) is 0 Å². The molecule has 164 valence electrons. The fourth-order valence-corrected chi connectivity index (χ4v) is 9.27. The van der Waals surface area contributed by atoms with E-state index in [1.165, 1.54) is 34.3 Å². The van der Waals surface area contributed by atoms with Gasteiger partial charge < -0.3 is 0 Å². The molecule has 0 saturated heterocycles. The molecule has 0 heterocycles. The molecule has 0 bridgehead atoms. The summed E-state index contributed by atoms with van der Waals surface area (Å²) in [6.07, 6.45) is 4.57. The molecule has 0 spiro atoms. The van der Waals surface area contributed by atoms with Crippen LogP contribution in [0.1, 0.15) is 31.7 Å². The summed E-state index contributed by atoms with van der Waals surface area (Å²) in [6, 6.07) is 42.1. The number of hydrogen-bond acceptors (Lipinski definition) is 1. The first kappa shape index (κ1) is 22.3. The molecule has 4 aromatic rings. The summed E-state index contributed by atoms with van der Waals surface area (Å²) >= 11 is 0. The molecule has 4 rings (SSSR count). The summed E-state index contributed by atoms with van der Waals surface area (Å²) in [5.74, 6) is 0.969. The maximum atomic E-state index is 5.96. The van der Waals surface area contributed by atoms with Gasteiger partial charge in [0.2, 0.25) is 0 Å². The van der Waals surface area contributed by atoms with Crippen molar-refractivity contribution in [2.24, 2.45) is 0 Å². The summed E-state index contributed by atoms with van der Waals surface area (Å²) in [7, 11) is -2.26. The average molecular weight is 441 g/mol. The summed E-state index contributed by atoms with van der Waals surface area (Å²) in [5.41, 5.74) is 1.36. The van der Waals surface area contributed by atoms with Crippen molar-refractivity contribution < 1.29 is 4.74 Å². The molecule has 0 unspecified atom stereocenters. The summed E-state index contributed by atoms with van der Waals surface area (Å²) in [5, 5.41) is 4.33. The molecule has 0 aliphatic rings. The number of benzene rings is 4. The van der Waals surface area contributed by atoms with E-state index in [-0.39, 0.29) is 0 Å². The van der Waals surface area contributed by atoms with Crippen molar-refractivity contribution in [2.75, 3.05) is 6.61 Å². The van der Waals surface area contributed by atoms with Crippen LogP contribution in [0.4, 0.5) is 0 Å². The van der Waals surface area contributed by atoms with Gasteiger partial charge in [-0.1, -0.05) is 0 Å². The Kier molecular flexibility index (Phi) is 7.75. The van der Waals surface area contributed by atoms with Crippen LogP contribution in [-0.4, -0.2) is 6.61 Å². The van der Waals surface area contributed by atoms with Gasteiger partial charge in [0.15, 0.2) is 0 Å². The second-order valence-corrected chi connectivity index (χ2v) is 12.3. The van der Waals surface area contributed by atoms with Gasteiger partial charge in [-0.2, -0.15) is 0 Å². The molecular weight excluding hydrogens is 407 g/mol. The Hall–Kier alpha value is -2.89. The molecule has 0 saturated carbocycles. The van der Waals surface area contributed by atoms with Crippen molar-refractivity contribution in [2.45, 2.75) is 32.3 Å². The molecule has 0 atom stereocenters. The van der Waals surface area contributed by atoms with Gasteiger partial charge in [0, 0.05) is 0 Å². The van der Waals surface area contributed by atoms with E-state index in [2.05, 4.69) is 122 Å². The van der Waals surface area contributed by atoms with E-state index in [0.29, 0.717) is 0 Å². The van der Waals surface area contributed by atoms with E-state index in [0.717, 1.165) is 24.9 Å². The van der Waals surface area contributed by atoms with Crippen LogP contribution in [-0.2, 0) is 6.16 Å². The molecule has 0 radical (unpaired) electrons. The number of unbranched alkanes of at least 4 members (excludes halogenated alkanes) is 2. The van der Waals surface area contributed by atoms with Crippen molar-refractivity contribution in [1.82, 2.24) is 0 Å². The molecule has 2 heteroatoms. The predicted octanol–water partition coefficient (Wildman–Crippen LogP) is 6.48. The van der Waals surface area contributed by atoms with Crippen LogP contribution in [0.5, 0.6) is 5.75 Å². The Morgan fingerprint density at radius 1 is 0.562 bits per heavy atom. The fraction of sp³-hybridized carbons (Fsp3) is 0.200. The zero-order valence-electron chi connectivity index (χ0n) is 18.9.